The van der Waals surface area contributed by atoms with Crippen molar-refractivity contribution >= 4 is 18.2 Å². The fourth-order valence-electron chi connectivity index (χ4n) is 1.97. The van der Waals surface area contributed by atoms with Crippen molar-refractivity contribution in [2.45, 2.75) is 13.1 Å². The maximum atomic E-state index is 12.7. The summed E-state index contributed by atoms with van der Waals surface area (Å²) < 4.78 is 43.1. The molecule has 1 heterocycles. The molecule has 23 heavy (non-hydrogen) atoms. The third kappa shape index (κ3) is 3.34. The largest absolute Gasteiger partial charge is 0.465 e. The molecule has 0 amide bonds. The quantitative estimate of drug-likeness (QED) is 0.672. The van der Waals surface area contributed by atoms with Gasteiger partial charge in [-0.15, -0.1) is 0 Å². The minimum Gasteiger partial charge on any atom is -0.465 e. The summed E-state index contributed by atoms with van der Waals surface area (Å²) in [5.41, 5.74) is -1.28. The van der Waals surface area contributed by atoms with E-state index in [1.807, 2.05) is 4.98 Å². The summed E-state index contributed by atoms with van der Waals surface area (Å²) in [6.07, 6.45) is -4.71. The molecule has 2 rings (SSSR count). The normalized spacial score (nSPS) is 11.3. The first-order valence-electron chi connectivity index (χ1n) is 6.28. The van der Waals surface area contributed by atoms with Crippen LogP contribution in [0.15, 0.2) is 29.1 Å². The number of methoxy groups -OCH3 is 1. The van der Waals surface area contributed by atoms with Crippen molar-refractivity contribution in [3.05, 3.63) is 56.2 Å². The Morgan fingerprint density at radius 3 is 2.48 bits per heavy atom. The van der Waals surface area contributed by atoms with E-state index in [9.17, 15) is 22.8 Å². The second-order valence-electron chi connectivity index (χ2n) is 4.65. The predicted molar refractivity (Wildman–Crippen MR) is 78.3 cm³/mol. The van der Waals surface area contributed by atoms with Crippen LogP contribution in [0.1, 0.15) is 21.6 Å². The van der Waals surface area contributed by atoms with E-state index in [1.165, 1.54) is 19.2 Å². The maximum Gasteiger partial charge on any atom is 0.431 e. The second-order valence-corrected chi connectivity index (χ2v) is 5.04. The molecule has 122 valence electrons. The Balaban J connectivity index is 2.71. The minimum absolute atomic E-state index is 0.147. The van der Waals surface area contributed by atoms with E-state index in [4.69, 9.17) is 12.2 Å². The van der Waals surface area contributed by atoms with Crippen molar-refractivity contribution in [1.29, 1.82) is 0 Å². The van der Waals surface area contributed by atoms with E-state index in [-0.39, 0.29) is 11.3 Å². The highest BCUT2D eigenvalue weighted by atomic mass is 32.1. The van der Waals surface area contributed by atoms with Crippen molar-refractivity contribution in [3.8, 4) is 5.69 Å². The smallest absolute Gasteiger partial charge is 0.431 e. The summed E-state index contributed by atoms with van der Waals surface area (Å²) in [4.78, 5) is 25.6. The lowest BCUT2D eigenvalue weighted by Gasteiger charge is -2.13. The fraction of sp³-hybridized carbons (Fsp3) is 0.214. The molecule has 0 aliphatic rings. The number of hydrogen-bond donors (Lipinski definition) is 1. The van der Waals surface area contributed by atoms with Gasteiger partial charge in [0.05, 0.1) is 18.4 Å². The van der Waals surface area contributed by atoms with Gasteiger partial charge in [0.25, 0.3) is 5.56 Å². The van der Waals surface area contributed by atoms with Crippen LogP contribution in [-0.2, 0) is 10.9 Å². The minimum atomic E-state index is -4.71. The van der Waals surface area contributed by atoms with Crippen LogP contribution in [0.2, 0.25) is 0 Å². The Morgan fingerprint density at radius 2 is 1.96 bits per heavy atom. The zero-order valence-corrected chi connectivity index (χ0v) is 12.8. The van der Waals surface area contributed by atoms with Gasteiger partial charge in [-0.05, 0) is 36.8 Å². The van der Waals surface area contributed by atoms with Crippen molar-refractivity contribution in [2.24, 2.45) is 0 Å². The van der Waals surface area contributed by atoms with Crippen LogP contribution in [-0.4, -0.2) is 22.6 Å². The van der Waals surface area contributed by atoms with Gasteiger partial charge < -0.3 is 9.72 Å². The van der Waals surface area contributed by atoms with E-state index in [2.05, 4.69) is 4.74 Å². The van der Waals surface area contributed by atoms with Crippen LogP contribution in [0.4, 0.5) is 13.2 Å². The third-order valence-electron chi connectivity index (χ3n) is 3.11. The van der Waals surface area contributed by atoms with Gasteiger partial charge in [-0.25, -0.2) is 4.79 Å². The number of halogens is 3. The Kier molecular flexibility index (Phi) is 4.42. The molecule has 0 radical (unpaired) electrons. The number of carbonyl (C=O) groups is 1. The van der Waals surface area contributed by atoms with Crippen molar-refractivity contribution in [1.82, 2.24) is 9.55 Å². The van der Waals surface area contributed by atoms with E-state index in [0.717, 1.165) is 4.57 Å². The lowest BCUT2D eigenvalue weighted by molar-refractivity contribution is -0.141. The highest BCUT2D eigenvalue weighted by Crippen LogP contribution is 2.26. The number of benzene rings is 1. The summed E-state index contributed by atoms with van der Waals surface area (Å²) in [6, 6.07) is 4.77. The molecule has 1 N–H and O–H groups in total. The molecule has 0 aliphatic carbocycles. The molecule has 0 bridgehead atoms. The average Bonchev–Trinajstić information content (AvgIpc) is 2.46. The number of aromatic nitrogens is 2. The van der Waals surface area contributed by atoms with E-state index < -0.39 is 28.2 Å². The first kappa shape index (κ1) is 16.9. The monoisotopic (exact) mass is 344 g/mol. The van der Waals surface area contributed by atoms with Crippen LogP contribution in [0.5, 0.6) is 0 Å². The molecule has 5 nitrogen and oxygen atoms in total. The van der Waals surface area contributed by atoms with Crippen LogP contribution in [0.3, 0.4) is 0 Å². The van der Waals surface area contributed by atoms with Gasteiger partial charge in [0.1, 0.15) is 5.69 Å². The van der Waals surface area contributed by atoms with Crippen LogP contribution >= 0.6 is 12.2 Å². The van der Waals surface area contributed by atoms with Gasteiger partial charge >= 0.3 is 12.1 Å². The Hall–Kier alpha value is -2.42. The molecule has 9 heteroatoms. The van der Waals surface area contributed by atoms with E-state index >= 15 is 0 Å². The van der Waals surface area contributed by atoms with Crippen LogP contribution in [0.25, 0.3) is 5.69 Å². The molecule has 2 aromatic rings. The van der Waals surface area contributed by atoms with Gasteiger partial charge in [0.2, 0.25) is 0 Å². The Morgan fingerprint density at radius 1 is 1.30 bits per heavy atom. The molecule has 1 aromatic heterocycles. The summed E-state index contributed by atoms with van der Waals surface area (Å²) in [5.74, 6) is -0.638. The van der Waals surface area contributed by atoms with Gasteiger partial charge in [-0.3, -0.25) is 9.36 Å². The van der Waals surface area contributed by atoms with Gasteiger partial charge in [-0.2, -0.15) is 13.2 Å². The number of rotatable bonds is 2. The lowest BCUT2D eigenvalue weighted by atomic mass is 10.1. The zero-order valence-electron chi connectivity index (χ0n) is 12.0. The summed E-state index contributed by atoms with van der Waals surface area (Å²) in [6.45, 7) is 1.63. The lowest BCUT2D eigenvalue weighted by Crippen LogP contribution is -2.24. The van der Waals surface area contributed by atoms with Gasteiger partial charge in [0.15, 0.2) is 4.77 Å². The predicted octanol–water partition coefficient (Wildman–Crippen LogP) is 3.01. The van der Waals surface area contributed by atoms with Gasteiger partial charge in [0, 0.05) is 6.07 Å². The number of carbonyl (C=O) groups excluding carboxylic acids is 1. The molecule has 0 saturated carbocycles. The highest BCUT2D eigenvalue weighted by Gasteiger charge is 2.32. The first-order valence-corrected chi connectivity index (χ1v) is 6.69. The van der Waals surface area contributed by atoms with Crippen molar-refractivity contribution < 1.29 is 22.7 Å². The van der Waals surface area contributed by atoms with Crippen molar-refractivity contribution in [3.63, 3.8) is 0 Å². The summed E-state index contributed by atoms with van der Waals surface area (Å²) >= 11 is 4.87. The molecule has 0 unspecified atom stereocenters. The number of aromatic amines is 1. The number of nitrogens with one attached hydrogen (secondary N) is 1. The Labute approximate surface area is 133 Å². The number of aryl methyl sites for hydroxylation is 1. The molecule has 0 atom stereocenters. The molecular weight excluding hydrogens is 333 g/mol. The number of ether oxygens (including phenoxy) is 1. The van der Waals surface area contributed by atoms with Crippen molar-refractivity contribution in [2.75, 3.05) is 7.11 Å². The number of hydrogen-bond acceptors (Lipinski definition) is 4. The number of H-pyrrole nitrogens is 1. The second kappa shape index (κ2) is 5.99. The Bertz CT molecular complexity index is 853. The van der Waals surface area contributed by atoms with Crippen LogP contribution in [0, 0.1) is 11.7 Å². The maximum absolute atomic E-state index is 12.7. The average molecular weight is 344 g/mol. The number of nitrogens with zero attached hydrogens (tertiary/aromatic N) is 1. The number of esters is 1. The molecule has 1 aromatic carbocycles. The zero-order chi connectivity index (χ0) is 17.4. The van der Waals surface area contributed by atoms with Gasteiger partial charge in [-0.1, -0.05) is 6.07 Å². The molecule has 0 aliphatic heterocycles. The molecule has 0 spiro atoms. The fourth-order valence-corrected chi connectivity index (χ4v) is 2.27. The number of alkyl halides is 3. The molecule has 0 fully saturated rings. The highest BCUT2D eigenvalue weighted by molar-refractivity contribution is 7.71. The molecular formula is C14H11F3N2O3S. The standard InChI is InChI=1S/C14H11F3N2O3S/c1-7-3-4-8(12(21)22-2)5-9(7)19-11(20)6-10(14(15,16)17)18-13(19)23/h3-6H,1-2H3,(H,18,23). The van der Waals surface area contributed by atoms with E-state index in [1.54, 1.807) is 13.0 Å². The summed E-state index contributed by atoms with van der Waals surface area (Å²) in [7, 11) is 1.19. The third-order valence-corrected chi connectivity index (χ3v) is 3.39. The summed E-state index contributed by atoms with van der Waals surface area (Å²) in [5, 5.41) is 0. The first-order chi connectivity index (χ1) is 10.6. The topological polar surface area (TPSA) is 64.1 Å². The SMILES string of the molecule is COC(=O)c1ccc(C)c(-n2c(=O)cc(C(F)(F)F)[nH]c2=S)c1. The van der Waals surface area contributed by atoms with Crippen LogP contribution < -0.4 is 5.56 Å². The molecule has 0 saturated heterocycles. The van der Waals surface area contributed by atoms with E-state index in [0.29, 0.717) is 11.6 Å².